The zero-order valence-corrected chi connectivity index (χ0v) is 11.9. The summed E-state index contributed by atoms with van der Waals surface area (Å²) in [4.78, 5) is 2.28. The molecule has 1 aromatic carbocycles. The molecule has 0 bridgehead atoms. The quantitative estimate of drug-likeness (QED) is 0.836. The molecule has 1 saturated carbocycles. The fraction of sp³-hybridized carbons (Fsp3) is 0.600. The number of benzene rings is 1. The van der Waals surface area contributed by atoms with Gasteiger partial charge in [-0.3, -0.25) is 4.90 Å². The Hall–Kier alpha value is -1.20. The summed E-state index contributed by atoms with van der Waals surface area (Å²) in [6.07, 6.45) is 2.50. The number of nitrogens with zero attached hydrogens (tertiary/aromatic N) is 1. The molecule has 1 fully saturated rings. The first kappa shape index (κ1) is 15.2. The van der Waals surface area contributed by atoms with Crippen LogP contribution in [0.25, 0.3) is 0 Å². The van der Waals surface area contributed by atoms with Gasteiger partial charge < -0.3 is 10.5 Å². The number of alkyl halides is 2. The monoisotopic (exact) mass is 284 g/mol. The molecule has 1 aliphatic rings. The van der Waals surface area contributed by atoms with Crippen molar-refractivity contribution in [1.82, 2.24) is 4.90 Å². The fourth-order valence-electron chi connectivity index (χ4n) is 2.62. The molecule has 0 aromatic heterocycles. The van der Waals surface area contributed by atoms with E-state index in [0.29, 0.717) is 18.5 Å². The molecule has 5 heteroatoms. The van der Waals surface area contributed by atoms with Gasteiger partial charge in [-0.1, -0.05) is 12.1 Å². The Bertz CT molecular complexity index is 420. The summed E-state index contributed by atoms with van der Waals surface area (Å²) in [7, 11) is 2.07. The number of hydrogen-bond donors (Lipinski definition) is 1. The summed E-state index contributed by atoms with van der Waals surface area (Å²) in [6.45, 7) is -0.0241. The van der Waals surface area contributed by atoms with E-state index in [4.69, 9.17) is 5.73 Å². The number of halogens is 2. The summed E-state index contributed by atoms with van der Waals surface area (Å²) in [5, 5.41) is 0. The lowest BCUT2D eigenvalue weighted by Gasteiger charge is -2.33. The molecule has 20 heavy (non-hydrogen) atoms. The molecule has 1 aliphatic carbocycles. The van der Waals surface area contributed by atoms with Gasteiger partial charge in [0.1, 0.15) is 5.75 Å². The van der Waals surface area contributed by atoms with Gasteiger partial charge >= 0.3 is 6.61 Å². The van der Waals surface area contributed by atoms with Crippen molar-refractivity contribution in [2.45, 2.75) is 38.5 Å². The van der Waals surface area contributed by atoms with Gasteiger partial charge in [0.15, 0.2) is 0 Å². The molecule has 2 N–H and O–H groups in total. The maximum atomic E-state index is 12.1. The summed E-state index contributed by atoms with van der Waals surface area (Å²) >= 11 is 0. The van der Waals surface area contributed by atoms with E-state index in [1.165, 1.54) is 12.8 Å². The van der Waals surface area contributed by atoms with Gasteiger partial charge in [0.25, 0.3) is 0 Å². The van der Waals surface area contributed by atoms with E-state index in [1.807, 2.05) is 12.1 Å². The van der Waals surface area contributed by atoms with Crippen molar-refractivity contribution >= 4 is 0 Å². The standard InChI is InChI=1S/C15H22F2N2O/c1-10(19(2)14(9-18)12-3-4-12)11-5-7-13(8-6-11)20-15(16)17/h5-8,10,12,14-15H,3-4,9,18H2,1-2H3. The first-order valence-corrected chi connectivity index (χ1v) is 6.99. The van der Waals surface area contributed by atoms with Gasteiger partial charge in [-0.25, -0.2) is 0 Å². The lowest BCUT2D eigenvalue weighted by Crippen LogP contribution is -2.41. The molecular formula is C15H22F2N2O. The van der Waals surface area contributed by atoms with E-state index in [1.54, 1.807) is 12.1 Å². The molecule has 2 rings (SSSR count). The molecule has 2 atom stereocenters. The zero-order chi connectivity index (χ0) is 14.7. The summed E-state index contributed by atoms with van der Waals surface area (Å²) in [5.74, 6) is 0.894. The van der Waals surface area contributed by atoms with Crippen molar-refractivity contribution in [3.05, 3.63) is 29.8 Å². The highest BCUT2D eigenvalue weighted by molar-refractivity contribution is 5.29. The fourth-order valence-corrected chi connectivity index (χ4v) is 2.62. The second-order valence-electron chi connectivity index (χ2n) is 5.43. The largest absolute Gasteiger partial charge is 0.435 e. The maximum Gasteiger partial charge on any atom is 0.387 e. The van der Waals surface area contributed by atoms with Gasteiger partial charge in [-0.15, -0.1) is 0 Å². The SMILES string of the molecule is CC(c1ccc(OC(F)F)cc1)N(C)C(CN)C1CC1. The lowest BCUT2D eigenvalue weighted by atomic mass is 10.0. The summed E-state index contributed by atoms with van der Waals surface area (Å²) in [6, 6.07) is 7.42. The molecule has 0 amide bonds. The third-order valence-electron chi connectivity index (χ3n) is 4.13. The van der Waals surface area contributed by atoms with Crippen molar-refractivity contribution in [2.75, 3.05) is 13.6 Å². The van der Waals surface area contributed by atoms with Crippen LogP contribution in [0.4, 0.5) is 8.78 Å². The smallest absolute Gasteiger partial charge is 0.387 e. The summed E-state index contributed by atoms with van der Waals surface area (Å²) in [5.41, 5.74) is 6.94. The average molecular weight is 284 g/mol. The van der Waals surface area contributed by atoms with E-state index in [-0.39, 0.29) is 11.8 Å². The van der Waals surface area contributed by atoms with Crippen LogP contribution in [0.3, 0.4) is 0 Å². The number of rotatable bonds is 7. The van der Waals surface area contributed by atoms with Crippen molar-refractivity contribution in [1.29, 1.82) is 0 Å². The van der Waals surface area contributed by atoms with Crippen molar-refractivity contribution in [3.63, 3.8) is 0 Å². The molecule has 0 heterocycles. The van der Waals surface area contributed by atoms with E-state index >= 15 is 0 Å². The zero-order valence-electron chi connectivity index (χ0n) is 11.9. The number of likely N-dealkylation sites (N-methyl/N-ethyl adjacent to an activating group) is 1. The van der Waals surface area contributed by atoms with Gasteiger partial charge in [0, 0.05) is 18.6 Å². The van der Waals surface area contributed by atoms with Crippen LogP contribution in [-0.2, 0) is 0 Å². The molecule has 0 aliphatic heterocycles. The minimum absolute atomic E-state index is 0.191. The highest BCUT2D eigenvalue weighted by Gasteiger charge is 2.34. The molecule has 1 aromatic rings. The normalized spacial score (nSPS) is 18.4. The van der Waals surface area contributed by atoms with Crippen molar-refractivity contribution in [2.24, 2.45) is 11.7 Å². The lowest BCUT2D eigenvalue weighted by molar-refractivity contribution is -0.0498. The van der Waals surface area contributed by atoms with E-state index in [9.17, 15) is 8.78 Å². The molecular weight excluding hydrogens is 262 g/mol. The average Bonchev–Trinajstić information content (AvgIpc) is 3.23. The Kier molecular flexibility index (Phi) is 4.94. The van der Waals surface area contributed by atoms with Crippen molar-refractivity contribution in [3.8, 4) is 5.75 Å². The van der Waals surface area contributed by atoms with Crippen LogP contribution < -0.4 is 10.5 Å². The number of nitrogens with two attached hydrogens (primary N) is 1. The minimum Gasteiger partial charge on any atom is -0.435 e. The van der Waals surface area contributed by atoms with Crippen molar-refractivity contribution < 1.29 is 13.5 Å². The third kappa shape index (κ3) is 3.67. The molecule has 0 radical (unpaired) electrons. The molecule has 3 nitrogen and oxygen atoms in total. The van der Waals surface area contributed by atoms with Crippen LogP contribution in [0.5, 0.6) is 5.75 Å². The Balaban J connectivity index is 2.02. The highest BCUT2D eigenvalue weighted by Crippen LogP contribution is 2.37. The van der Waals surface area contributed by atoms with Gasteiger partial charge in [0.05, 0.1) is 0 Å². The molecule has 2 unspecified atom stereocenters. The molecule has 0 spiro atoms. The van der Waals surface area contributed by atoms with E-state index in [2.05, 4.69) is 23.6 Å². The number of hydrogen-bond acceptors (Lipinski definition) is 3. The van der Waals surface area contributed by atoms with E-state index < -0.39 is 6.61 Å². The second-order valence-corrected chi connectivity index (χ2v) is 5.43. The molecule has 112 valence electrons. The Morgan fingerprint density at radius 2 is 1.90 bits per heavy atom. The Labute approximate surface area is 118 Å². The minimum atomic E-state index is -2.78. The van der Waals surface area contributed by atoms with Gasteiger partial charge in [-0.2, -0.15) is 8.78 Å². The van der Waals surface area contributed by atoms with Gasteiger partial charge in [0.2, 0.25) is 0 Å². The third-order valence-corrected chi connectivity index (χ3v) is 4.13. The highest BCUT2D eigenvalue weighted by atomic mass is 19.3. The first-order chi connectivity index (χ1) is 9.52. The van der Waals surface area contributed by atoms with Gasteiger partial charge in [-0.05, 0) is 50.4 Å². The predicted octanol–water partition coefficient (Wildman–Crippen LogP) is 3.02. The predicted molar refractivity (Wildman–Crippen MR) is 74.8 cm³/mol. The Morgan fingerprint density at radius 3 is 2.35 bits per heavy atom. The van der Waals surface area contributed by atoms with Crippen LogP contribution in [0.15, 0.2) is 24.3 Å². The first-order valence-electron chi connectivity index (χ1n) is 6.99. The second kappa shape index (κ2) is 6.50. The van der Waals surface area contributed by atoms with Crippen LogP contribution in [0.1, 0.15) is 31.4 Å². The van der Waals surface area contributed by atoms with Crippen LogP contribution in [0, 0.1) is 5.92 Å². The maximum absolute atomic E-state index is 12.1. The Morgan fingerprint density at radius 1 is 1.30 bits per heavy atom. The van der Waals surface area contributed by atoms with E-state index in [0.717, 1.165) is 5.56 Å². The summed E-state index contributed by atoms with van der Waals surface area (Å²) < 4.78 is 28.6. The topological polar surface area (TPSA) is 38.5 Å². The van der Waals surface area contributed by atoms with Crippen LogP contribution in [-0.4, -0.2) is 31.1 Å². The molecule has 0 saturated heterocycles. The van der Waals surface area contributed by atoms with Crippen LogP contribution >= 0.6 is 0 Å². The number of ether oxygens (including phenoxy) is 1. The van der Waals surface area contributed by atoms with Crippen LogP contribution in [0.2, 0.25) is 0 Å².